The Kier molecular flexibility index (Phi) is 1.58. The maximum atomic E-state index is 10.5. The van der Waals surface area contributed by atoms with Crippen molar-refractivity contribution >= 4 is 5.97 Å². The first kappa shape index (κ1) is 7.30. The average molecular weight is 167 g/mol. The van der Waals surface area contributed by atoms with E-state index in [4.69, 9.17) is 5.11 Å². The zero-order chi connectivity index (χ0) is 8.55. The highest BCUT2D eigenvalue weighted by atomic mass is 16.4. The number of aromatic carboxylic acids is 1. The number of carbonyl (C=O) groups is 1. The SMILES string of the molecule is O=C(O)c1ccn(C2CNC2)n1. The average Bonchev–Trinajstić information content (AvgIpc) is 2.32. The molecule has 2 N–H and O–H groups in total. The summed E-state index contributed by atoms with van der Waals surface area (Å²) in [5.41, 5.74) is 0.113. The second-order valence-corrected chi connectivity index (χ2v) is 2.80. The Balaban J connectivity index is 2.17. The van der Waals surface area contributed by atoms with Crippen LogP contribution in [0.25, 0.3) is 0 Å². The summed E-state index contributed by atoms with van der Waals surface area (Å²) < 4.78 is 1.69. The molecule has 5 nitrogen and oxygen atoms in total. The number of hydrogen-bond acceptors (Lipinski definition) is 3. The van der Waals surface area contributed by atoms with Gasteiger partial charge >= 0.3 is 5.97 Å². The molecule has 1 fully saturated rings. The van der Waals surface area contributed by atoms with E-state index in [0.29, 0.717) is 6.04 Å². The van der Waals surface area contributed by atoms with E-state index < -0.39 is 5.97 Å². The number of aromatic nitrogens is 2. The van der Waals surface area contributed by atoms with Gasteiger partial charge in [0.2, 0.25) is 0 Å². The van der Waals surface area contributed by atoms with Crippen LogP contribution in [0.15, 0.2) is 12.3 Å². The van der Waals surface area contributed by atoms with E-state index in [9.17, 15) is 4.79 Å². The molecule has 0 amide bonds. The minimum atomic E-state index is -0.971. The summed E-state index contributed by atoms with van der Waals surface area (Å²) in [7, 11) is 0. The minimum Gasteiger partial charge on any atom is -0.476 e. The molecule has 1 aromatic heterocycles. The summed E-state index contributed by atoms with van der Waals surface area (Å²) in [5.74, 6) is -0.971. The monoisotopic (exact) mass is 167 g/mol. The molecule has 1 saturated heterocycles. The number of carboxylic acid groups (broad SMARTS) is 1. The summed E-state index contributed by atoms with van der Waals surface area (Å²) in [4.78, 5) is 10.5. The van der Waals surface area contributed by atoms with Crippen molar-refractivity contribution in [1.82, 2.24) is 15.1 Å². The summed E-state index contributed by atoms with van der Waals surface area (Å²) in [6, 6.07) is 1.85. The summed E-state index contributed by atoms with van der Waals surface area (Å²) in [6.45, 7) is 1.75. The quantitative estimate of drug-likeness (QED) is 0.636. The molecule has 0 saturated carbocycles. The minimum absolute atomic E-state index is 0.113. The van der Waals surface area contributed by atoms with Crippen molar-refractivity contribution in [3.8, 4) is 0 Å². The van der Waals surface area contributed by atoms with Crippen LogP contribution in [0.5, 0.6) is 0 Å². The Bertz CT molecular complexity index is 303. The van der Waals surface area contributed by atoms with Crippen molar-refractivity contribution in [3.63, 3.8) is 0 Å². The largest absolute Gasteiger partial charge is 0.476 e. The zero-order valence-electron chi connectivity index (χ0n) is 6.40. The van der Waals surface area contributed by atoms with Crippen LogP contribution in [0.4, 0.5) is 0 Å². The molecule has 2 heterocycles. The van der Waals surface area contributed by atoms with Crippen molar-refractivity contribution in [2.75, 3.05) is 13.1 Å². The fourth-order valence-corrected chi connectivity index (χ4v) is 1.12. The fraction of sp³-hybridized carbons (Fsp3) is 0.429. The molecule has 5 heteroatoms. The van der Waals surface area contributed by atoms with Crippen LogP contribution in [-0.2, 0) is 0 Å². The third-order valence-electron chi connectivity index (χ3n) is 1.96. The lowest BCUT2D eigenvalue weighted by atomic mass is 10.2. The van der Waals surface area contributed by atoms with Gasteiger partial charge in [0, 0.05) is 19.3 Å². The van der Waals surface area contributed by atoms with Gasteiger partial charge in [-0.25, -0.2) is 4.79 Å². The number of hydrogen-bond donors (Lipinski definition) is 2. The van der Waals surface area contributed by atoms with Crippen molar-refractivity contribution in [2.45, 2.75) is 6.04 Å². The molecule has 1 aromatic rings. The maximum absolute atomic E-state index is 10.5. The van der Waals surface area contributed by atoms with Crippen molar-refractivity contribution in [1.29, 1.82) is 0 Å². The van der Waals surface area contributed by atoms with Gasteiger partial charge in [-0.1, -0.05) is 0 Å². The van der Waals surface area contributed by atoms with Crippen LogP contribution in [0, 0.1) is 0 Å². The lowest BCUT2D eigenvalue weighted by Crippen LogP contribution is -2.43. The molecule has 0 bridgehead atoms. The van der Waals surface area contributed by atoms with E-state index in [1.807, 2.05) is 0 Å². The van der Waals surface area contributed by atoms with Crippen molar-refractivity contribution < 1.29 is 9.90 Å². The van der Waals surface area contributed by atoms with Crippen LogP contribution in [-0.4, -0.2) is 33.9 Å². The number of carboxylic acids is 1. The first-order valence-corrected chi connectivity index (χ1v) is 3.76. The third kappa shape index (κ3) is 1.08. The van der Waals surface area contributed by atoms with E-state index in [1.54, 1.807) is 10.9 Å². The highest BCUT2D eigenvalue weighted by Gasteiger charge is 2.20. The fourth-order valence-electron chi connectivity index (χ4n) is 1.12. The van der Waals surface area contributed by atoms with Crippen LogP contribution < -0.4 is 5.32 Å². The third-order valence-corrected chi connectivity index (χ3v) is 1.96. The summed E-state index contributed by atoms with van der Waals surface area (Å²) >= 11 is 0. The molecule has 1 aliphatic heterocycles. The second-order valence-electron chi connectivity index (χ2n) is 2.80. The van der Waals surface area contributed by atoms with E-state index in [0.717, 1.165) is 13.1 Å². The van der Waals surface area contributed by atoms with E-state index >= 15 is 0 Å². The molecule has 64 valence electrons. The van der Waals surface area contributed by atoms with Gasteiger partial charge in [0.15, 0.2) is 5.69 Å². The molecule has 2 rings (SSSR count). The smallest absolute Gasteiger partial charge is 0.356 e. The van der Waals surface area contributed by atoms with Gasteiger partial charge in [-0.2, -0.15) is 5.10 Å². The molecule has 0 aliphatic carbocycles. The normalized spacial score (nSPS) is 17.3. The second kappa shape index (κ2) is 2.60. The van der Waals surface area contributed by atoms with Crippen molar-refractivity contribution in [3.05, 3.63) is 18.0 Å². The number of nitrogens with zero attached hydrogens (tertiary/aromatic N) is 2. The first-order valence-electron chi connectivity index (χ1n) is 3.76. The molecule has 0 unspecified atom stereocenters. The topological polar surface area (TPSA) is 67.2 Å². The Morgan fingerprint density at radius 3 is 2.92 bits per heavy atom. The molecule has 0 radical (unpaired) electrons. The van der Waals surface area contributed by atoms with Crippen LogP contribution >= 0.6 is 0 Å². The highest BCUT2D eigenvalue weighted by Crippen LogP contribution is 2.10. The highest BCUT2D eigenvalue weighted by molar-refractivity contribution is 5.85. The molecular formula is C7H9N3O2. The van der Waals surface area contributed by atoms with Crippen molar-refractivity contribution in [2.24, 2.45) is 0 Å². The molecule has 0 spiro atoms. The molecular weight excluding hydrogens is 158 g/mol. The zero-order valence-corrected chi connectivity index (χ0v) is 6.40. The molecule has 1 aliphatic rings. The van der Waals surface area contributed by atoms with Crippen LogP contribution in [0.1, 0.15) is 16.5 Å². The van der Waals surface area contributed by atoms with Gasteiger partial charge in [-0.3, -0.25) is 4.68 Å². The first-order chi connectivity index (χ1) is 5.77. The summed E-state index contributed by atoms with van der Waals surface area (Å²) in [5, 5.41) is 15.6. The lowest BCUT2D eigenvalue weighted by molar-refractivity contribution is 0.0688. The Hall–Kier alpha value is -1.36. The van der Waals surface area contributed by atoms with E-state index in [-0.39, 0.29) is 5.69 Å². The standard InChI is InChI=1S/C7H9N3O2/c11-7(12)6-1-2-10(9-6)5-3-8-4-5/h1-2,5,8H,3-4H2,(H,11,12). The predicted octanol–water partition coefficient (Wildman–Crippen LogP) is -0.274. The Morgan fingerprint density at radius 1 is 1.75 bits per heavy atom. The van der Waals surface area contributed by atoms with E-state index in [1.165, 1.54) is 6.07 Å². The van der Waals surface area contributed by atoms with Crippen LogP contribution in [0.3, 0.4) is 0 Å². The molecule has 0 aromatic carbocycles. The van der Waals surface area contributed by atoms with Gasteiger partial charge in [0.05, 0.1) is 6.04 Å². The molecule has 0 atom stereocenters. The maximum Gasteiger partial charge on any atom is 0.356 e. The Morgan fingerprint density at radius 2 is 2.50 bits per heavy atom. The van der Waals surface area contributed by atoms with Crippen LogP contribution in [0.2, 0.25) is 0 Å². The lowest BCUT2D eigenvalue weighted by Gasteiger charge is -2.27. The molecule has 12 heavy (non-hydrogen) atoms. The number of rotatable bonds is 2. The van der Waals surface area contributed by atoms with Gasteiger partial charge in [0.1, 0.15) is 0 Å². The van der Waals surface area contributed by atoms with Gasteiger partial charge in [-0.15, -0.1) is 0 Å². The number of nitrogens with one attached hydrogen (secondary N) is 1. The van der Waals surface area contributed by atoms with Gasteiger partial charge < -0.3 is 10.4 Å². The predicted molar refractivity (Wildman–Crippen MR) is 41.1 cm³/mol. The Labute approximate surface area is 69.0 Å². The van der Waals surface area contributed by atoms with Gasteiger partial charge in [-0.05, 0) is 6.07 Å². The van der Waals surface area contributed by atoms with E-state index in [2.05, 4.69) is 10.4 Å². The van der Waals surface area contributed by atoms with Gasteiger partial charge in [0.25, 0.3) is 0 Å². The summed E-state index contributed by atoms with van der Waals surface area (Å²) in [6.07, 6.45) is 1.70.